The Morgan fingerprint density at radius 3 is 2.50 bits per heavy atom. The van der Waals surface area contributed by atoms with Crippen LogP contribution in [0.4, 0.5) is 11.4 Å². The summed E-state index contributed by atoms with van der Waals surface area (Å²) in [6.07, 6.45) is 2.78. The minimum atomic E-state index is -0.463. The van der Waals surface area contributed by atoms with Crippen molar-refractivity contribution in [2.24, 2.45) is 0 Å². The van der Waals surface area contributed by atoms with Gasteiger partial charge in [0.2, 0.25) is 11.8 Å². The summed E-state index contributed by atoms with van der Waals surface area (Å²) < 4.78 is 5.69. The van der Waals surface area contributed by atoms with Gasteiger partial charge in [-0.1, -0.05) is 45.0 Å². The largest absolute Gasteiger partial charge is 0.484 e. The second-order valence-corrected chi connectivity index (χ2v) is 8.43. The highest BCUT2D eigenvalue weighted by Crippen LogP contribution is 2.36. The monoisotopic (exact) mass is 408 g/mol. The Labute approximate surface area is 177 Å². The van der Waals surface area contributed by atoms with Gasteiger partial charge >= 0.3 is 0 Å². The van der Waals surface area contributed by atoms with Gasteiger partial charge in [0.25, 0.3) is 0 Å². The number of benzene rings is 2. The van der Waals surface area contributed by atoms with Crippen LogP contribution in [0.2, 0.25) is 0 Å². The summed E-state index contributed by atoms with van der Waals surface area (Å²) in [5.74, 6) is 0.0808. The molecule has 1 aliphatic rings. The van der Waals surface area contributed by atoms with Crippen LogP contribution >= 0.6 is 0 Å². The Morgan fingerprint density at radius 2 is 1.90 bits per heavy atom. The molecule has 2 aromatic carbocycles. The lowest BCUT2D eigenvalue weighted by molar-refractivity contribution is -0.117. The molecule has 30 heavy (non-hydrogen) atoms. The van der Waals surface area contributed by atoms with Crippen molar-refractivity contribution in [1.29, 1.82) is 0 Å². The highest BCUT2D eigenvalue weighted by atomic mass is 16.5. The first kappa shape index (κ1) is 21.6. The fraction of sp³-hybridized carbons (Fsp3) is 0.333. The fourth-order valence-electron chi connectivity index (χ4n) is 3.27. The van der Waals surface area contributed by atoms with E-state index in [9.17, 15) is 14.7 Å². The highest BCUT2D eigenvalue weighted by Gasteiger charge is 2.28. The summed E-state index contributed by atoms with van der Waals surface area (Å²) >= 11 is 0. The number of carbonyl (C=O) groups excluding carboxylic acids is 2. The number of carbonyl (C=O) groups is 2. The molecule has 3 rings (SSSR count). The van der Waals surface area contributed by atoms with Crippen molar-refractivity contribution in [3.8, 4) is 5.75 Å². The summed E-state index contributed by atoms with van der Waals surface area (Å²) in [5.41, 5.74) is 3.39. The summed E-state index contributed by atoms with van der Waals surface area (Å²) in [5, 5.41) is 12.2. The highest BCUT2D eigenvalue weighted by molar-refractivity contribution is 6.03. The third-order valence-corrected chi connectivity index (χ3v) is 4.98. The molecule has 0 radical (unpaired) electrons. The maximum absolute atomic E-state index is 12.4. The Hall–Kier alpha value is -3.12. The van der Waals surface area contributed by atoms with E-state index < -0.39 is 6.10 Å². The first-order valence-electron chi connectivity index (χ1n) is 9.96. The van der Waals surface area contributed by atoms with Crippen molar-refractivity contribution >= 4 is 29.3 Å². The van der Waals surface area contributed by atoms with E-state index in [-0.39, 0.29) is 30.4 Å². The molecule has 1 unspecified atom stereocenters. The van der Waals surface area contributed by atoms with Gasteiger partial charge in [-0.05, 0) is 40.8 Å². The Balaban J connectivity index is 1.71. The Morgan fingerprint density at radius 1 is 1.20 bits per heavy atom. The lowest BCUT2D eigenvalue weighted by atomic mass is 9.87. The number of hydrogen-bond acceptors (Lipinski definition) is 4. The third-order valence-electron chi connectivity index (χ3n) is 4.98. The predicted molar refractivity (Wildman–Crippen MR) is 119 cm³/mol. The first-order chi connectivity index (χ1) is 14.2. The molecule has 0 aliphatic carbocycles. The number of amides is 2. The number of nitrogens with zero attached hydrogens (tertiary/aromatic N) is 1. The number of rotatable bonds is 4. The van der Waals surface area contributed by atoms with Crippen LogP contribution in [0.5, 0.6) is 5.75 Å². The van der Waals surface area contributed by atoms with Crippen molar-refractivity contribution in [2.45, 2.75) is 39.2 Å². The van der Waals surface area contributed by atoms with Crippen LogP contribution in [-0.2, 0) is 15.0 Å². The SMILES string of the molecule is CC(=O)N1CC(CO)Oc2ccc(NC(=O)C=Cc3ccc(C(C)(C)C)cc3)cc21. The molecule has 0 saturated carbocycles. The van der Waals surface area contributed by atoms with Gasteiger partial charge in [-0.15, -0.1) is 0 Å². The van der Waals surface area contributed by atoms with Crippen molar-refractivity contribution in [3.05, 3.63) is 59.7 Å². The quantitative estimate of drug-likeness (QED) is 0.756. The average Bonchev–Trinajstić information content (AvgIpc) is 2.71. The van der Waals surface area contributed by atoms with Gasteiger partial charge in [0.15, 0.2) is 0 Å². The predicted octanol–water partition coefficient (Wildman–Crippen LogP) is 3.74. The van der Waals surface area contributed by atoms with Crippen LogP contribution in [0.3, 0.4) is 0 Å². The molecule has 0 saturated heterocycles. The lowest BCUT2D eigenvalue weighted by Gasteiger charge is -2.33. The molecule has 2 aromatic rings. The first-order valence-corrected chi connectivity index (χ1v) is 9.96. The Bertz CT molecular complexity index is 958. The number of fused-ring (bicyclic) bond motifs is 1. The van der Waals surface area contributed by atoms with Crippen LogP contribution in [0, 0.1) is 0 Å². The number of ether oxygens (including phenoxy) is 1. The minimum Gasteiger partial charge on any atom is -0.484 e. The van der Waals surface area contributed by atoms with Gasteiger partial charge in [-0.3, -0.25) is 9.59 Å². The van der Waals surface area contributed by atoms with Gasteiger partial charge in [0, 0.05) is 18.7 Å². The fourth-order valence-corrected chi connectivity index (χ4v) is 3.27. The van der Waals surface area contributed by atoms with E-state index >= 15 is 0 Å². The zero-order valence-corrected chi connectivity index (χ0v) is 17.8. The number of hydrogen-bond donors (Lipinski definition) is 2. The van der Waals surface area contributed by atoms with Gasteiger partial charge in [0.05, 0.1) is 18.8 Å². The van der Waals surface area contributed by atoms with E-state index in [0.717, 1.165) is 5.56 Å². The van der Waals surface area contributed by atoms with E-state index in [1.807, 2.05) is 12.1 Å². The van der Waals surface area contributed by atoms with Crippen molar-refractivity contribution in [2.75, 3.05) is 23.4 Å². The summed E-state index contributed by atoms with van der Waals surface area (Å²) in [4.78, 5) is 25.9. The maximum Gasteiger partial charge on any atom is 0.248 e. The van der Waals surface area contributed by atoms with E-state index in [4.69, 9.17) is 4.74 Å². The smallest absolute Gasteiger partial charge is 0.248 e. The maximum atomic E-state index is 12.4. The molecule has 1 atom stereocenters. The topological polar surface area (TPSA) is 78.9 Å². The third kappa shape index (κ3) is 5.07. The molecule has 0 aromatic heterocycles. The zero-order valence-electron chi connectivity index (χ0n) is 17.8. The van der Waals surface area contributed by atoms with Crippen LogP contribution in [-0.4, -0.2) is 36.2 Å². The van der Waals surface area contributed by atoms with Crippen LogP contribution in [0.1, 0.15) is 38.8 Å². The molecule has 2 N–H and O–H groups in total. The molecule has 6 nitrogen and oxygen atoms in total. The average molecular weight is 408 g/mol. The minimum absolute atomic E-state index is 0.0841. The lowest BCUT2D eigenvalue weighted by Crippen LogP contribution is -2.44. The second-order valence-electron chi connectivity index (χ2n) is 8.43. The standard InChI is InChI=1S/C24H28N2O4/c1-16(28)26-14-20(15-27)30-22-11-10-19(13-21(22)26)25-23(29)12-7-17-5-8-18(9-6-17)24(2,3)4/h5-13,20,27H,14-15H2,1-4H3,(H,25,29). The van der Waals surface area contributed by atoms with Crippen molar-refractivity contribution in [3.63, 3.8) is 0 Å². The summed E-state index contributed by atoms with van der Waals surface area (Å²) in [6.45, 7) is 8.02. The normalized spacial score (nSPS) is 16.2. The molecule has 0 bridgehead atoms. The van der Waals surface area contributed by atoms with E-state index in [0.29, 0.717) is 17.1 Å². The summed E-state index contributed by atoms with van der Waals surface area (Å²) in [7, 11) is 0. The van der Waals surface area contributed by atoms with Crippen LogP contribution in [0.25, 0.3) is 6.08 Å². The van der Waals surface area contributed by atoms with Crippen molar-refractivity contribution in [1.82, 2.24) is 0 Å². The van der Waals surface area contributed by atoms with Gasteiger partial charge in [-0.25, -0.2) is 0 Å². The van der Waals surface area contributed by atoms with Crippen molar-refractivity contribution < 1.29 is 19.4 Å². The molecule has 0 spiro atoms. The van der Waals surface area contributed by atoms with E-state index in [1.165, 1.54) is 18.6 Å². The summed E-state index contributed by atoms with van der Waals surface area (Å²) in [6, 6.07) is 13.2. The molecule has 6 heteroatoms. The number of nitrogens with one attached hydrogen (secondary N) is 1. The van der Waals surface area contributed by atoms with Gasteiger partial charge < -0.3 is 20.1 Å². The Kier molecular flexibility index (Phi) is 6.27. The molecule has 1 heterocycles. The van der Waals surface area contributed by atoms with Crippen LogP contribution < -0.4 is 15.0 Å². The molecular formula is C24H28N2O4. The molecular weight excluding hydrogens is 380 g/mol. The van der Waals surface area contributed by atoms with E-state index in [1.54, 1.807) is 29.2 Å². The molecule has 158 valence electrons. The van der Waals surface area contributed by atoms with Gasteiger partial charge in [0.1, 0.15) is 11.9 Å². The zero-order chi connectivity index (χ0) is 21.9. The number of anilines is 2. The molecule has 1 aliphatic heterocycles. The second kappa shape index (κ2) is 8.71. The molecule has 2 amide bonds. The molecule has 0 fully saturated rings. The van der Waals surface area contributed by atoms with Crippen LogP contribution in [0.15, 0.2) is 48.5 Å². The van der Waals surface area contributed by atoms with Gasteiger partial charge in [-0.2, -0.15) is 0 Å². The number of aliphatic hydroxyl groups excluding tert-OH is 1. The number of aliphatic hydroxyl groups is 1. The van der Waals surface area contributed by atoms with E-state index in [2.05, 4.69) is 38.2 Å².